The van der Waals surface area contributed by atoms with Gasteiger partial charge in [0, 0.05) is 17.6 Å². The molecule has 1 aliphatic heterocycles. The van der Waals surface area contributed by atoms with E-state index in [9.17, 15) is 0 Å². The first-order valence-corrected chi connectivity index (χ1v) is 4.91. The van der Waals surface area contributed by atoms with E-state index < -0.39 is 0 Å². The first-order chi connectivity index (χ1) is 5.40. The van der Waals surface area contributed by atoms with E-state index in [2.05, 4.69) is 17.6 Å². The van der Waals surface area contributed by atoms with Crippen LogP contribution in [0.4, 0.5) is 0 Å². The van der Waals surface area contributed by atoms with Crippen LogP contribution in [-0.2, 0) is 4.74 Å². The summed E-state index contributed by atoms with van der Waals surface area (Å²) in [5, 5.41) is 3.01. The summed E-state index contributed by atoms with van der Waals surface area (Å²) >= 11 is 1.96. The summed E-state index contributed by atoms with van der Waals surface area (Å²) in [4.78, 5) is 0. The Kier molecular flexibility index (Phi) is 1.95. The predicted molar refractivity (Wildman–Crippen MR) is 48.3 cm³/mol. The maximum Gasteiger partial charge on any atom is 0.0922 e. The van der Waals surface area contributed by atoms with Crippen LogP contribution in [0.3, 0.4) is 0 Å². The minimum Gasteiger partial charge on any atom is -0.501 e. The zero-order valence-electron chi connectivity index (χ0n) is 6.62. The summed E-state index contributed by atoms with van der Waals surface area (Å²) < 4.78 is 5.22. The van der Waals surface area contributed by atoms with Crippen LogP contribution in [0.1, 0.15) is 12.8 Å². The van der Waals surface area contributed by atoms with Gasteiger partial charge in [0.15, 0.2) is 0 Å². The molecule has 0 aromatic carbocycles. The average molecular weight is 168 g/mol. The van der Waals surface area contributed by atoms with Gasteiger partial charge in [-0.05, 0) is 17.9 Å². The van der Waals surface area contributed by atoms with Gasteiger partial charge in [-0.2, -0.15) is 0 Å². The zero-order chi connectivity index (χ0) is 7.68. The second-order valence-corrected chi connectivity index (χ2v) is 4.11. The fourth-order valence-corrected chi connectivity index (χ4v) is 2.71. The Labute approximate surface area is 71.5 Å². The molecule has 0 saturated heterocycles. The predicted octanol–water partition coefficient (Wildman–Crippen LogP) is 2.56. The van der Waals surface area contributed by atoms with E-state index in [1.54, 1.807) is 7.11 Å². The number of hydrogen-bond donors (Lipinski definition) is 0. The number of fused-ring (bicyclic) bond motifs is 1. The summed E-state index contributed by atoms with van der Waals surface area (Å²) in [5.41, 5.74) is 0. The minimum absolute atomic E-state index is 0.642. The molecule has 0 spiro atoms. The number of methoxy groups -OCH3 is 1. The third-order valence-electron chi connectivity index (χ3n) is 2.30. The smallest absolute Gasteiger partial charge is 0.0922 e. The molecule has 0 aromatic rings. The Hall–Kier alpha value is -0.370. The van der Waals surface area contributed by atoms with Crippen molar-refractivity contribution in [1.82, 2.24) is 0 Å². The molecule has 0 saturated carbocycles. The van der Waals surface area contributed by atoms with Crippen molar-refractivity contribution in [2.24, 2.45) is 5.92 Å². The molecule has 1 aliphatic carbocycles. The van der Waals surface area contributed by atoms with Crippen molar-refractivity contribution in [1.29, 1.82) is 0 Å². The van der Waals surface area contributed by atoms with Crippen LogP contribution in [0.25, 0.3) is 0 Å². The average Bonchev–Trinajstić information content (AvgIpc) is 2.50. The molecule has 1 heterocycles. The Bertz CT molecular complexity index is 208. The Morgan fingerprint density at radius 3 is 3.36 bits per heavy atom. The summed E-state index contributed by atoms with van der Waals surface area (Å²) in [6.45, 7) is 0. The molecule has 2 aliphatic rings. The van der Waals surface area contributed by atoms with Crippen molar-refractivity contribution in [3.63, 3.8) is 0 Å². The quantitative estimate of drug-likeness (QED) is 0.595. The molecule has 0 unspecified atom stereocenters. The fraction of sp³-hybridized carbons (Fsp3) is 0.556. The lowest BCUT2D eigenvalue weighted by atomic mass is 9.94. The van der Waals surface area contributed by atoms with E-state index in [1.165, 1.54) is 12.2 Å². The number of allylic oxidation sites excluding steroid dienone is 3. The maximum atomic E-state index is 5.22. The summed E-state index contributed by atoms with van der Waals surface area (Å²) in [7, 11) is 1.76. The third-order valence-corrected chi connectivity index (χ3v) is 3.51. The molecule has 0 radical (unpaired) electrons. The van der Waals surface area contributed by atoms with Gasteiger partial charge in [-0.1, -0.05) is 6.08 Å². The molecule has 2 rings (SSSR count). The van der Waals surface area contributed by atoms with Crippen molar-refractivity contribution >= 4 is 11.8 Å². The van der Waals surface area contributed by atoms with Gasteiger partial charge in [0.05, 0.1) is 12.9 Å². The van der Waals surface area contributed by atoms with E-state index >= 15 is 0 Å². The maximum absolute atomic E-state index is 5.22. The molecule has 1 nitrogen and oxygen atoms in total. The summed E-state index contributed by atoms with van der Waals surface area (Å²) in [6, 6.07) is 0. The van der Waals surface area contributed by atoms with E-state index in [4.69, 9.17) is 4.74 Å². The SMILES string of the molecule is COC1=C[C@H]2C=CS[C@H]2CC1. The topological polar surface area (TPSA) is 9.23 Å². The Morgan fingerprint density at radius 2 is 2.55 bits per heavy atom. The number of thioether (sulfide) groups is 1. The number of hydrogen-bond acceptors (Lipinski definition) is 2. The highest BCUT2D eigenvalue weighted by atomic mass is 32.2. The van der Waals surface area contributed by atoms with Crippen LogP contribution in [-0.4, -0.2) is 12.4 Å². The molecule has 60 valence electrons. The Balaban J connectivity index is 2.13. The van der Waals surface area contributed by atoms with Gasteiger partial charge >= 0.3 is 0 Å². The van der Waals surface area contributed by atoms with Crippen molar-refractivity contribution in [2.45, 2.75) is 18.1 Å². The van der Waals surface area contributed by atoms with Gasteiger partial charge in [0.2, 0.25) is 0 Å². The molecule has 0 bridgehead atoms. The fourth-order valence-electron chi connectivity index (χ4n) is 1.63. The number of rotatable bonds is 1. The highest BCUT2D eigenvalue weighted by molar-refractivity contribution is 8.03. The van der Waals surface area contributed by atoms with E-state index in [1.807, 2.05) is 11.8 Å². The highest BCUT2D eigenvalue weighted by Gasteiger charge is 2.26. The molecule has 2 atom stereocenters. The molecular weight excluding hydrogens is 156 g/mol. The second-order valence-electron chi connectivity index (χ2n) is 2.96. The van der Waals surface area contributed by atoms with Crippen molar-refractivity contribution in [3.05, 3.63) is 23.3 Å². The second kappa shape index (κ2) is 2.94. The van der Waals surface area contributed by atoms with E-state index in [-0.39, 0.29) is 0 Å². The first kappa shape index (κ1) is 7.29. The van der Waals surface area contributed by atoms with E-state index in [0.717, 1.165) is 11.7 Å². The van der Waals surface area contributed by atoms with E-state index in [0.29, 0.717) is 5.92 Å². The summed E-state index contributed by atoms with van der Waals surface area (Å²) in [6.07, 6.45) is 6.91. The van der Waals surface area contributed by atoms with Crippen LogP contribution >= 0.6 is 11.8 Å². The third kappa shape index (κ3) is 1.32. The lowest BCUT2D eigenvalue weighted by Crippen LogP contribution is -2.15. The van der Waals surface area contributed by atoms with Crippen LogP contribution in [0.15, 0.2) is 23.3 Å². The van der Waals surface area contributed by atoms with Gasteiger partial charge in [0.1, 0.15) is 0 Å². The zero-order valence-corrected chi connectivity index (χ0v) is 7.43. The van der Waals surface area contributed by atoms with Crippen LogP contribution in [0.2, 0.25) is 0 Å². The largest absolute Gasteiger partial charge is 0.501 e. The van der Waals surface area contributed by atoms with Gasteiger partial charge < -0.3 is 4.74 Å². The van der Waals surface area contributed by atoms with Gasteiger partial charge in [-0.3, -0.25) is 0 Å². The molecule has 0 fully saturated rings. The molecule has 2 heteroatoms. The van der Waals surface area contributed by atoms with Crippen LogP contribution in [0.5, 0.6) is 0 Å². The molecule has 11 heavy (non-hydrogen) atoms. The molecular formula is C9H12OS. The van der Waals surface area contributed by atoms with Crippen molar-refractivity contribution in [3.8, 4) is 0 Å². The Morgan fingerprint density at radius 1 is 1.64 bits per heavy atom. The van der Waals surface area contributed by atoms with Crippen molar-refractivity contribution in [2.75, 3.05) is 7.11 Å². The van der Waals surface area contributed by atoms with Crippen LogP contribution < -0.4 is 0 Å². The lowest BCUT2D eigenvalue weighted by Gasteiger charge is -2.22. The number of ether oxygens (including phenoxy) is 1. The monoisotopic (exact) mass is 168 g/mol. The standard InChI is InChI=1S/C9H12OS/c1-10-8-2-3-9-7(6-8)4-5-11-9/h4-7,9H,2-3H2,1H3/t7-,9+/m1/s1. The minimum atomic E-state index is 0.642. The summed E-state index contributed by atoms with van der Waals surface area (Å²) in [5.74, 6) is 1.81. The van der Waals surface area contributed by atoms with Gasteiger partial charge in [-0.25, -0.2) is 0 Å². The van der Waals surface area contributed by atoms with Crippen LogP contribution in [0, 0.1) is 5.92 Å². The normalized spacial score (nSPS) is 34.8. The van der Waals surface area contributed by atoms with Crippen molar-refractivity contribution < 1.29 is 4.74 Å². The van der Waals surface area contributed by atoms with Gasteiger partial charge in [0.25, 0.3) is 0 Å². The molecule has 0 N–H and O–H groups in total. The highest BCUT2D eigenvalue weighted by Crippen LogP contribution is 2.38. The van der Waals surface area contributed by atoms with Gasteiger partial charge in [-0.15, -0.1) is 11.8 Å². The first-order valence-electron chi connectivity index (χ1n) is 3.97. The molecule has 0 amide bonds. The lowest BCUT2D eigenvalue weighted by molar-refractivity contribution is 0.263. The molecule has 0 aromatic heterocycles.